The highest BCUT2D eigenvalue weighted by atomic mass is 32.2. The lowest BCUT2D eigenvalue weighted by Gasteiger charge is -2.09. The number of hydrogen-bond donors (Lipinski definition) is 2. The molecule has 0 amide bonds. The van der Waals surface area contributed by atoms with Crippen molar-refractivity contribution in [3.05, 3.63) is 30.3 Å². The second-order valence-electron chi connectivity index (χ2n) is 2.15. The average molecular weight is 187 g/mol. The molecule has 66 valence electrons. The summed E-state index contributed by atoms with van der Waals surface area (Å²) in [5, 5.41) is 0. The lowest BCUT2D eigenvalue weighted by molar-refractivity contribution is 0.443. The standard InChI is InChI=1S/C6H9N3O2S/c7-9(8)12(10,11)6-4-2-1-3-5-6/h1-5H,7-8H2. The summed E-state index contributed by atoms with van der Waals surface area (Å²) in [5.74, 6) is 9.85. The molecule has 0 aliphatic rings. The minimum atomic E-state index is -3.69. The number of nitrogens with zero attached hydrogens (tertiary/aromatic N) is 1. The van der Waals surface area contributed by atoms with Crippen molar-refractivity contribution in [1.29, 1.82) is 0 Å². The van der Waals surface area contributed by atoms with Gasteiger partial charge in [-0.25, -0.2) is 20.1 Å². The van der Waals surface area contributed by atoms with Crippen LogP contribution in [0.3, 0.4) is 0 Å². The smallest absolute Gasteiger partial charge is 0.240 e. The molecule has 0 radical (unpaired) electrons. The second kappa shape index (κ2) is 3.20. The highest BCUT2D eigenvalue weighted by Crippen LogP contribution is 2.08. The molecule has 0 aliphatic carbocycles. The molecule has 12 heavy (non-hydrogen) atoms. The molecule has 4 N–H and O–H groups in total. The van der Waals surface area contributed by atoms with E-state index in [1.54, 1.807) is 18.2 Å². The van der Waals surface area contributed by atoms with Crippen LogP contribution in [0.5, 0.6) is 0 Å². The third kappa shape index (κ3) is 1.62. The summed E-state index contributed by atoms with van der Waals surface area (Å²) in [5.41, 5.74) is 0. The minimum absolute atomic E-state index is 0.0787. The Morgan fingerprint density at radius 3 is 2.00 bits per heavy atom. The number of hydrogen-bond acceptors (Lipinski definition) is 4. The van der Waals surface area contributed by atoms with E-state index in [1.165, 1.54) is 12.1 Å². The quantitative estimate of drug-likeness (QED) is 0.479. The van der Waals surface area contributed by atoms with Gasteiger partial charge in [0, 0.05) is 0 Å². The molecule has 0 saturated carbocycles. The van der Waals surface area contributed by atoms with Gasteiger partial charge in [0.05, 0.1) is 4.90 Å². The summed E-state index contributed by atoms with van der Waals surface area (Å²) in [7, 11) is -3.69. The molecule has 1 aromatic rings. The molecule has 0 fully saturated rings. The van der Waals surface area contributed by atoms with E-state index in [0.29, 0.717) is 0 Å². The normalized spacial score (nSPS) is 11.9. The van der Waals surface area contributed by atoms with Crippen molar-refractivity contribution in [2.75, 3.05) is 0 Å². The maximum atomic E-state index is 11.2. The van der Waals surface area contributed by atoms with Gasteiger partial charge in [-0.05, 0) is 12.1 Å². The van der Waals surface area contributed by atoms with Crippen molar-refractivity contribution in [2.24, 2.45) is 11.7 Å². The van der Waals surface area contributed by atoms with Crippen molar-refractivity contribution in [3.63, 3.8) is 0 Å². The third-order valence-electron chi connectivity index (χ3n) is 1.32. The van der Waals surface area contributed by atoms with Crippen LogP contribution in [0.4, 0.5) is 0 Å². The lowest BCUT2D eigenvalue weighted by atomic mass is 10.4. The van der Waals surface area contributed by atoms with E-state index >= 15 is 0 Å². The van der Waals surface area contributed by atoms with Gasteiger partial charge >= 0.3 is 0 Å². The lowest BCUT2D eigenvalue weighted by Crippen LogP contribution is -2.43. The van der Waals surface area contributed by atoms with Crippen molar-refractivity contribution >= 4 is 10.0 Å². The van der Waals surface area contributed by atoms with Gasteiger partial charge < -0.3 is 0 Å². The van der Waals surface area contributed by atoms with E-state index in [2.05, 4.69) is 0 Å². The molecule has 6 heteroatoms. The average Bonchev–Trinajstić information content (AvgIpc) is 2.06. The van der Waals surface area contributed by atoms with Crippen LogP contribution in [0.15, 0.2) is 35.2 Å². The summed E-state index contributed by atoms with van der Waals surface area (Å²) >= 11 is 0. The van der Waals surface area contributed by atoms with E-state index in [-0.39, 0.29) is 9.42 Å². The predicted molar refractivity (Wildman–Crippen MR) is 43.8 cm³/mol. The Labute approximate surface area is 70.6 Å². The van der Waals surface area contributed by atoms with E-state index in [4.69, 9.17) is 11.7 Å². The number of benzene rings is 1. The molecular weight excluding hydrogens is 178 g/mol. The van der Waals surface area contributed by atoms with Crippen LogP contribution >= 0.6 is 0 Å². The fourth-order valence-electron chi connectivity index (χ4n) is 0.714. The first-order valence-electron chi connectivity index (χ1n) is 3.15. The first kappa shape index (κ1) is 9.14. The van der Waals surface area contributed by atoms with Crippen LogP contribution in [-0.4, -0.2) is 12.9 Å². The van der Waals surface area contributed by atoms with Crippen LogP contribution in [0.25, 0.3) is 0 Å². The molecule has 5 nitrogen and oxygen atoms in total. The molecule has 0 saturated heterocycles. The second-order valence-corrected chi connectivity index (χ2v) is 3.99. The Kier molecular flexibility index (Phi) is 2.43. The highest BCUT2D eigenvalue weighted by molar-refractivity contribution is 7.89. The topological polar surface area (TPSA) is 89.4 Å². The van der Waals surface area contributed by atoms with Gasteiger partial charge in [0.2, 0.25) is 0 Å². The Hall–Kier alpha value is -0.950. The van der Waals surface area contributed by atoms with Crippen LogP contribution in [0, 0.1) is 0 Å². The number of rotatable bonds is 2. The van der Waals surface area contributed by atoms with Crippen molar-refractivity contribution in [2.45, 2.75) is 4.90 Å². The van der Waals surface area contributed by atoms with E-state index in [9.17, 15) is 8.42 Å². The Balaban J connectivity index is 3.17. The fourth-order valence-corrected chi connectivity index (χ4v) is 1.46. The maximum Gasteiger partial charge on any atom is 0.268 e. The monoisotopic (exact) mass is 187 g/mol. The molecule has 0 atom stereocenters. The molecular formula is C6H9N3O2S. The Morgan fingerprint density at radius 1 is 1.08 bits per heavy atom. The number of sulfonamides is 1. The van der Waals surface area contributed by atoms with Crippen molar-refractivity contribution in [3.8, 4) is 0 Å². The van der Waals surface area contributed by atoms with Gasteiger partial charge in [0.15, 0.2) is 0 Å². The summed E-state index contributed by atoms with van der Waals surface area (Å²) in [4.78, 5) is 0.0787. The van der Waals surface area contributed by atoms with Crippen LogP contribution in [-0.2, 0) is 10.0 Å². The molecule has 0 heterocycles. The van der Waals surface area contributed by atoms with E-state index in [0.717, 1.165) is 0 Å². The number of nitrogens with two attached hydrogens (primary N) is 2. The Bertz CT molecular complexity index is 346. The first-order chi connectivity index (χ1) is 5.55. The largest absolute Gasteiger partial charge is 0.268 e. The van der Waals surface area contributed by atoms with Crippen LogP contribution in [0.1, 0.15) is 0 Å². The van der Waals surface area contributed by atoms with Gasteiger partial charge in [-0.2, -0.15) is 0 Å². The van der Waals surface area contributed by atoms with Gasteiger partial charge in [-0.3, -0.25) is 0 Å². The highest BCUT2D eigenvalue weighted by Gasteiger charge is 2.16. The molecule has 0 aromatic heterocycles. The zero-order valence-electron chi connectivity index (χ0n) is 6.21. The van der Waals surface area contributed by atoms with E-state index in [1.807, 2.05) is 0 Å². The van der Waals surface area contributed by atoms with Crippen molar-refractivity contribution in [1.82, 2.24) is 4.52 Å². The summed E-state index contributed by atoms with van der Waals surface area (Å²) in [6, 6.07) is 7.73. The molecule has 1 rings (SSSR count). The van der Waals surface area contributed by atoms with Gasteiger partial charge in [-0.1, -0.05) is 22.7 Å². The molecule has 0 bridgehead atoms. The van der Waals surface area contributed by atoms with Crippen molar-refractivity contribution < 1.29 is 8.42 Å². The fraction of sp³-hybridized carbons (Fsp3) is 0. The summed E-state index contributed by atoms with van der Waals surface area (Å²) in [6.45, 7) is 0. The van der Waals surface area contributed by atoms with Gasteiger partial charge in [-0.15, -0.1) is 0 Å². The molecule has 0 spiro atoms. The molecule has 0 unspecified atom stereocenters. The zero-order valence-corrected chi connectivity index (χ0v) is 7.03. The summed E-state index contributed by atoms with van der Waals surface area (Å²) < 4.78 is 22.6. The van der Waals surface area contributed by atoms with Crippen LogP contribution in [0.2, 0.25) is 0 Å². The maximum absolute atomic E-state index is 11.2. The SMILES string of the molecule is NN(N)S(=O)(=O)c1ccccc1. The predicted octanol–water partition coefficient (Wildman–Crippen LogP) is -0.575. The molecule has 1 aromatic carbocycles. The number of hydrazine groups is 2. The minimum Gasteiger partial charge on any atom is -0.240 e. The molecule has 0 aliphatic heterocycles. The third-order valence-corrected chi connectivity index (χ3v) is 2.74. The van der Waals surface area contributed by atoms with Gasteiger partial charge in [0.25, 0.3) is 10.0 Å². The first-order valence-corrected chi connectivity index (χ1v) is 4.59. The summed E-state index contributed by atoms with van der Waals surface area (Å²) in [6.07, 6.45) is 0. The zero-order chi connectivity index (χ0) is 9.19. The van der Waals surface area contributed by atoms with E-state index < -0.39 is 10.0 Å². The Morgan fingerprint density at radius 2 is 1.58 bits per heavy atom. The van der Waals surface area contributed by atoms with Crippen LogP contribution < -0.4 is 11.7 Å². The van der Waals surface area contributed by atoms with Gasteiger partial charge in [0.1, 0.15) is 0 Å².